The van der Waals surface area contributed by atoms with Crippen molar-refractivity contribution in [3.8, 4) is 11.4 Å². The minimum absolute atomic E-state index is 0.0562. The molecule has 0 saturated carbocycles. The summed E-state index contributed by atoms with van der Waals surface area (Å²) in [5.41, 5.74) is 0.372. The zero-order valence-electron chi connectivity index (χ0n) is 13.3. The maximum Gasteiger partial charge on any atom is 0.279 e. The van der Waals surface area contributed by atoms with Gasteiger partial charge in [-0.1, -0.05) is 0 Å². The first-order valence-electron chi connectivity index (χ1n) is 7.46. The minimum atomic E-state index is -0.512. The Morgan fingerprint density at radius 1 is 1.33 bits per heavy atom. The number of halogens is 1. The second-order valence-corrected chi connectivity index (χ2v) is 5.84. The Morgan fingerprint density at radius 2 is 2.00 bits per heavy atom. The Morgan fingerprint density at radius 3 is 2.67 bits per heavy atom. The van der Waals surface area contributed by atoms with Crippen molar-refractivity contribution in [1.29, 1.82) is 0 Å². The van der Waals surface area contributed by atoms with Crippen LogP contribution in [0.25, 0.3) is 5.69 Å². The molecule has 1 aliphatic heterocycles. The second kappa shape index (κ2) is 5.95. The number of hydrogen-bond donors (Lipinski definition) is 1. The molecule has 0 aliphatic carbocycles. The molecule has 3 rings (SSSR count). The van der Waals surface area contributed by atoms with Crippen LogP contribution in [0.4, 0.5) is 4.39 Å². The molecule has 2 heterocycles. The smallest absolute Gasteiger partial charge is 0.279 e. The lowest BCUT2D eigenvalue weighted by atomic mass is 10.1. The highest BCUT2D eigenvalue weighted by atomic mass is 19.1. The Balaban J connectivity index is 1.88. The number of piperazine rings is 1. The van der Waals surface area contributed by atoms with Gasteiger partial charge >= 0.3 is 0 Å². The topological polar surface area (TPSA) is 78.7 Å². The van der Waals surface area contributed by atoms with Gasteiger partial charge in [0, 0.05) is 19.6 Å². The van der Waals surface area contributed by atoms with Crippen molar-refractivity contribution < 1.29 is 19.1 Å². The van der Waals surface area contributed by atoms with Crippen molar-refractivity contribution in [3.63, 3.8) is 0 Å². The van der Waals surface area contributed by atoms with Crippen molar-refractivity contribution >= 4 is 11.8 Å². The number of rotatable bonds is 2. The highest BCUT2D eigenvalue weighted by Gasteiger charge is 2.33. The molecule has 1 aliphatic rings. The zero-order chi connectivity index (χ0) is 17.4. The molecular formula is C16H17FN4O3. The Labute approximate surface area is 137 Å². The quantitative estimate of drug-likeness (QED) is 0.891. The second-order valence-electron chi connectivity index (χ2n) is 5.84. The highest BCUT2D eigenvalue weighted by molar-refractivity contribution is 5.97. The first kappa shape index (κ1) is 16.0. The third kappa shape index (κ3) is 2.82. The van der Waals surface area contributed by atoms with Gasteiger partial charge in [-0.25, -0.2) is 9.07 Å². The van der Waals surface area contributed by atoms with Gasteiger partial charge in [-0.15, -0.1) is 0 Å². The van der Waals surface area contributed by atoms with Gasteiger partial charge in [-0.3, -0.25) is 9.59 Å². The number of benzene rings is 1. The molecule has 1 fully saturated rings. The molecule has 1 saturated heterocycles. The number of likely N-dealkylation sites (N-methyl/N-ethyl adjacent to an activating group) is 1. The van der Waals surface area contributed by atoms with Gasteiger partial charge < -0.3 is 14.9 Å². The van der Waals surface area contributed by atoms with E-state index in [0.29, 0.717) is 12.2 Å². The molecule has 2 aromatic rings. The van der Waals surface area contributed by atoms with E-state index >= 15 is 0 Å². The molecule has 0 bridgehead atoms. The van der Waals surface area contributed by atoms with Crippen LogP contribution in [-0.4, -0.2) is 62.7 Å². The third-order valence-electron chi connectivity index (χ3n) is 4.05. The van der Waals surface area contributed by atoms with Gasteiger partial charge in [0.05, 0.1) is 11.9 Å². The van der Waals surface area contributed by atoms with E-state index in [1.807, 2.05) is 6.92 Å². The maximum absolute atomic E-state index is 13.0. The van der Waals surface area contributed by atoms with E-state index in [2.05, 4.69) is 5.10 Å². The number of amides is 2. The lowest BCUT2D eigenvalue weighted by molar-refractivity contribution is -0.135. The van der Waals surface area contributed by atoms with Crippen LogP contribution in [0.2, 0.25) is 0 Å². The zero-order valence-corrected chi connectivity index (χ0v) is 13.3. The summed E-state index contributed by atoms with van der Waals surface area (Å²) in [6, 6.07) is 5.31. The molecule has 1 unspecified atom stereocenters. The molecule has 0 spiro atoms. The van der Waals surface area contributed by atoms with Gasteiger partial charge in [0.25, 0.3) is 5.91 Å². The van der Waals surface area contributed by atoms with Gasteiger partial charge in [0.1, 0.15) is 12.4 Å². The number of hydrogen-bond acceptors (Lipinski definition) is 4. The van der Waals surface area contributed by atoms with E-state index in [4.69, 9.17) is 0 Å². The Bertz CT molecular complexity index is 787. The van der Waals surface area contributed by atoms with Crippen molar-refractivity contribution in [2.45, 2.75) is 13.0 Å². The summed E-state index contributed by atoms with van der Waals surface area (Å²) in [5, 5.41) is 14.1. The van der Waals surface area contributed by atoms with Crippen LogP contribution >= 0.6 is 0 Å². The monoisotopic (exact) mass is 332 g/mol. The standard InChI is InChI=1S/C16H17FN4O3/c1-10-7-19(2)14(23)9-20(10)16(24)15-13(22)8-21(18-15)12-5-3-11(17)4-6-12/h3-6,8,10,22H,7,9H2,1-2H3. The summed E-state index contributed by atoms with van der Waals surface area (Å²) in [7, 11) is 1.68. The van der Waals surface area contributed by atoms with Gasteiger partial charge in [-0.05, 0) is 31.2 Å². The summed E-state index contributed by atoms with van der Waals surface area (Å²) < 4.78 is 14.3. The third-order valence-corrected chi connectivity index (χ3v) is 4.05. The lowest BCUT2D eigenvalue weighted by Crippen LogP contribution is -2.55. The van der Waals surface area contributed by atoms with Crippen molar-refractivity contribution in [2.75, 3.05) is 20.1 Å². The largest absolute Gasteiger partial charge is 0.504 e. The van der Waals surface area contributed by atoms with Gasteiger partial charge in [0.15, 0.2) is 11.4 Å². The molecule has 0 radical (unpaired) electrons. The normalized spacial score (nSPS) is 18.1. The fourth-order valence-corrected chi connectivity index (χ4v) is 2.67. The van der Waals surface area contributed by atoms with Crippen LogP contribution in [0.5, 0.6) is 5.75 Å². The first-order chi connectivity index (χ1) is 11.4. The predicted octanol–water partition coefficient (Wildman–Crippen LogP) is 1.02. The molecule has 1 aromatic carbocycles. The van der Waals surface area contributed by atoms with Crippen LogP contribution in [0.3, 0.4) is 0 Å². The number of carbonyl (C=O) groups excluding carboxylic acids is 2. The van der Waals surface area contributed by atoms with E-state index < -0.39 is 11.7 Å². The molecule has 7 nitrogen and oxygen atoms in total. The highest BCUT2D eigenvalue weighted by Crippen LogP contribution is 2.22. The molecule has 1 atom stereocenters. The summed E-state index contributed by atoms with van der Waals surface area (Å²) >= 11 is 0. The van der Waals surface area contributed by atoms with Crippen molar-refractivity contribution in [1.82, 2.24) is 19.6 Å². The predicted molar refractivity (Wildman–Crippen MR) is 83.3 cm³/mol. The van der Waals surface area contributed by atoms with Crippen LogP contribution in [0.1, 0.15) is 17.4 Å². The lowest BCUT2D eigenvalue weighted by Gasteiger charge is -2.37. The molecular weight excluding hydrogens is 315 g/mol. The number of carbonyl (C=O) groups is 2. The average Bonchev–Trinajstić information content (AvgIpc) is 2.93. The van der Waals surface area contributed by atoms with E-state index in [1.54, 1.807) is 11.9 Å². The van der Waals surface area contributed by atoms with E-state index in [-0.39, 0.29) is 29.9 Å². The molecule has 126 valence electrons. The molecule has 2 amide bonds. The van der Waals surface area contributed by atoms with Crippen LogP contribution in [-0.2, 0) is 4.79 Å². The number of aromatic hydroxyl groups is 1. The maximum atomic E-state index is 13.0. The molecule has 24 heavy (non-hydrogen) atoms. The van der Waals surface area contributed by atoms with Gasteiger partial charge in [-0.2, -0.15) is 5.10 Å². The van der Waals surface area contributed by atoms with E-state index in [1.165, 1.54) is 40.0 Å². The van der Waals surface area contributed by atoms with Crippen LogP contribution < -0.4 is 0 Å². The van der Waals surface area contributed by atoms with Crippen molar-refractivity contribution in [3.05, 3.63) is 42.0 Å². The number of nitrogens with zero attached hydrogens (tertiary/aromatic N) is 4. The Hall–Kier alpha value is -2.90. The summed E-state index contributed by atoms with van der Waals surface area (Å²) in [6.45, 7) is 2.19. The molecule has 1 aromatic heterocycles. The fourth-order valence-electron chi connectivity index (χ4n) is 2.67. The summed E-state index contributed by atoms with van der Waals surface area (Å²) in [6.07, 6.45) is 1.28. The van der Waals surface area contributed by atoms with Crippen molar-refractivity contribution in [2.24, 2.45) is 0 Å². The first-order valence-corrected chi connectivity index (χ1v) is 7.46. The van der Waals surface area contributed by atoms with E-state index in [9.17, 15) is 19.1 Å². The molecule has 8 heteroatoms. The number of aromatic nitrogens is 2. The minimum Gasteiger partial charge on any atom is -0.504 e. The summed E-state index contributed by atoms with van der Waals surface area (Å²) in [4.78, 5) is 27.4. The average molecular weight is 332 g/mol. The SMILES string of the molecule is CC1CN(C)C(=O)CN1C(=O)c1nn(-c2ccc(F)cc2)cc1O. The fraction of sp³-hybridized carbons (Fsp3) is 0.312. The van der Waals surface area contributed by atoms with Crippen LogP contribution in [0.15, 0.2) is 30.5 Å². The van der Waals surface area contributed by atoms with Crippen LogP contribution in [0, 0.1) is 5.82 Å². The van der Waals surface area contributed by atoms with E-state index in [0.717, 1.165) is 0 Å². The summed E-state index contributed by atoms with van der Waals surface area (Å²) in [5.74, 6) is -1.36. The Kier molecular flexibility index (Phi) is 3.96. The van der Waals surface area contributed by atoms with Gasteiger partial charge in [0.2, 0.25) is 5.91 Å². The molecule has 1 N–H and O–H groups in total.